The largest absolute Gasteiger partial charge is 0.493 e. The van der Waals surface area contributed by atoms with Gasteiger partial charge >= 0.3 is 0 Å². The van der Waals surface area contributed by atoms with Gasteiger partial charge in [-0.1, -0.05) is 117 Å². The lowest BCUT2D eigenvalue weighted by atomic mass is 9.94. The summed E-state index contributed by atoms with van der Waals surface area (Å²) in [6.45, 7) is 1.35. The number of halogens is 4. The van der Waals surface area contributed by atoms with E-state index >= 15 is 0 Å². The van der Waals surface area contributed by atoms with Crippen LogP contribution in [0.3, 0.4) is 0 Å². The van der Waals surface area contributed by atoms with E-state index < -0.39 is 0 Å². The SMILES string of the molecule is Br.Br.Br.Br.C1=Cc2cc3ccc(cc4nc(cc5ccc(cc1n2)[nH]5)C=C4)[nH]3.c1ccc2cc3cc4c(-c5cc(OCCCCCCc6ccc7ccccc7n6)cc(OCCCCCCc6ccc7ccccc7n6)c5)cccc4cc3cc2c1. The molecular formula is C74H68Br4N6O2. The molecule has 2 aliphatic rings. The Labute approximate surface area is 544 Å². The number of unbranched alkanes of at least 4 members (excludes halogenated alkanes) is 6. The summed E-state index contributed by atoms with van der Waals surface area (Å²) in [6, 6.07) is 72.7. The Morgan fingerprint density at radius 2 is 0.709 bits per heavy atom. The molecular weight excluding hydrogens is 1320 g/mol. The van der Waals surface area contributed by atoms with Crippen LogP contribution in [0.15, 0.2) is 206 Å². The van der Waals surface area contributed by atoms with Gasteiger partial charge in [-0.05, 0) is 215 Å². The fraction of sp³-hybridized carbons (Fsp3) is 0.162. The van der Waals surface area contributed by atoms with Gasteiger partial charge in [0, 0.05) is 50.3 Å². The monoisotopic (exact) mass is 1390 g/mol. The number of fused-ring (bicyclic) bond motifs is 13. The van der Waals surface area contributed by atoms with Crippen LogP contribution in [0.4, 0.5) is 0 Å². The minimum Gasteiger partial charge on any atom is -0.493 e. The first kappa shape index (κ1) is 62.8. The van der Waals surface area contributed by atoms with Crippen molar-refractivity contribution in [3.63, 3.8) is 0 Å². The van der Waals surface area contributed by atoms with E-state index in [4.69, 9.17) is 19.4 Å². The van der Waals surface area contributed by atoms with Crippen molar-refractivity contribution in [3.8, 4) is 22.6 Å². The zero-order chi connectivity index (χ0) is 54.9. The van der Waals surface area contributed by atoms with Gasteiger partial charge in [-0.2, -0.15) is 0 Å². The quantitative estimate of drug-likeness (QED) is 0.0696. The number of nitrogens with one attached hydrogen (secondary N) is 2. The van der Waals surface area contributed by atoms with E-state index in [2.05, 4.69) is 202 Å². The standard InChI is InChI=1S/C54H50N2O2.C20H14N4.4BrH/c1(5-21-47-28-26-39-16-9-11-24-53(39)55-47)3-13-30-57-49-35-46(51-23-15-20-43-34-44-32-41-18-7-8-19-42(41)33-45(44)37-52(43)51)36-50(38-49)58-31-14-4-2-6-22-48-29-27-40-17-10-12-25-54(40)56-48;1-2-14-10-16-5-6-18(23-16)12-20-8-7-19(24-20)11-17-4-3-15(22-17)9-13(1)21-14;;;;/h7-12,15-20,23-29,32-38H,1-6,13-14,21-22,30-31H2;1-12,21,24H;4*1H. The zero-order valence-corrected chi connectivity index (χ0v) is 54.5. The molecule has 8 nitrogen and oxygen atoms in total. The molecule has 12 aromatic rings. The third-order valence-corrected chi connectivity index (χ3v) is 15.4. The van der Waals surface area contributed by atoms with Gasteiger partial charge < -0.3 is 19.4 Å². The number of H-pyrrole nitrogens is 2. The molecule has 2 N–H and O–H groups in total. The molecule has 14 rings (SSSR count). The van der Waals surface area contributed by atoms with E-state index in [1.54, 1.807) is 0 Å². The topological polar surface area (TPSA) is 102 Å². The van der Waals surface area contributed by atoms with E-state index in [9.17, 15) is 0 Å². The van der Waals surface area contributed by atoms with Gasteiger partial charge in [0.05, 0.1) is 47.0 Å². The second-order valence-corrected chi connectivity index (χ2v) is 21.5. The lowest BCUT2D eigenvalue weighted by Crippen LogP contribution is -2.01. The van der Waals surface area contributed by atoms with Crippen LogP contribution in [0.2, 0.25) is 0 Å². The maximum absolute atomic E-state index is 6.48. The summed E-state index contributed by atoms with van der Waals surface area (Å²) < 4.78 is 13.0. The first-order chi connectivity index (χ1) is 40.5. The summed E-state index contributed by atoms with van der Waals surface area (Å²) >= 11 is 0. The number of benzene rings is 7. The molecule has 0 atom stereocenters. The van der Waals surface area contributed by atoms with Crippen LogP contribution in [-0.2, 0) is 12.8 Å². The predicted molar refractivity (Wildman–Crippen MR) is 383 cm³/mol. The number of rotatable bonds is 17. The summed E-state index contributed by atoms with van der Waals surface area (Å²) in [4.78, 5) is 25.7. The highest BCUT2D eigenvalue weighted by molar-refractivity contribution is 8.93. The number of hydrogen-bond acceptors (Lipinski definition) is 6. The van der Waals surface area contributed by atoms with Gasteiger partial charge in [0.15, 0.2) is 0 Å². The molecule has 0 spiro atoms. The van der Waals surface area contributed by atoms with Crippen molar-refractivity contribution < 1.29 is 9.47 Å². The molecule has 7 aromatic carbocycles. The summed E-state index contributed by atoms with van der Waals surface area (Å²) in [6.07, 6.45) is 18.9. The number of aromatic amines is 2. The number of para-hydroxylation sites is 2. The molecule has 0 saturated heterocycles. The first-order valence-electron chi connectivity index (χ1n) is 29.0. The van der Waals surface area contributed by atoms with E-state index in [1.807, 2.05) is 48.6 Å². The number of hydrogen-bond donors (Lipinski definition) is 2. The van der Waals surface area contributed by atoms with Crippen LogP contribution in [-0.4, -0.2) is 43.1 Å². The average molecular weight is 1390 g/mol. The molecule has 0 saturated carbocycles. The van der Waals surface area contributed by atoms with Crippen molar-refractivity contribution >= 4 is 168 Å². The fourth-order valence-corrected chi connectivity index (χ4v) is 11.2. The molecule has 2 aliphatic heterocycles. The lowest BCUT2D eigenvalue weighted by Gasteiger charge is -2.15. The van der Waals surface area contributed by atoms with Crippen molar-refractivity contribution in [2.45, 2.75) is 64.2 Å². The summed E-state index contributed by atoms with van der Waals surface area (Å²) in [5, 5.41) is 9.88. The minimum absolute atomic E-state index is 0. The van der Waals surface area contributed by atoms with E-state index in [-0.39, 0.29) is 67.9 Å². The Bertz CT molecular complexity index is 4250. The van der Waals surface area contributed by atoms with Gasteiger partial charge in [0.2, 0.25) is 0 Å². The van der Waals surface area contributed by atoms with Crippen LogP contribution in [0, 0.1) is 0 Å². The first-order valence-corrected chi connectivity index (χ1v) is 29.0. The smallest absolute Gasteiger partial charge is 0.123 e. The predicted octanol–water partition coefficient (Wildman–Crippen LogP) is 21.2. The van der Waals surface area contributed by atoms with Crippen LogP contribution < -0.4 is 9.47 Å². The fourth-order valence-electron chi connectivity index (χ4n) is 11.2. The Morgan fingerprint density at radius 1 is 0.302 bits per heavy atom. The van der Waals surface area contributed by atoms with Crippen LogP contribution >= 0.6 is 67.9 Å². The van der Waals surface area contributed by atoms with Gasteiger partial charge in [-0.25, -0.2) is 9.97 Å². The average Bonchev–Trinajstić information content (AvgIpc) is 1.36. The maximum Gasteiger partial charge on any atom is 0.123 e. The van der Waals surface area contributed by atoms with Crippen molar-refractivity contribution in [2.75, 3.05) is 13.2 Å². The van der Waals surface area contributed by atoms with Gasteiger partial charge in [-0.3, -0.25) is 9.97 Å². The Balaban J connectivity index is 0.000000264. The van der Waals surface area contributed by atoms with Crippen molar-refractivity contribution in [2.24, 2.45) is 0 Å². The van der Waals surface area contributed by atoms with Crippen LogP contribution in [0.5, 0.6) is 11.5 Å². The zero-order valence-electron chi connectivity index (χ0n) is 47.7. The Kier molecular flexibility index (Phi) is 21.9. The molecule has 434 valence electrons. The molecule has 8 bridgehead atoms. The van der Waals surface area contributed by atoms with Gasteiger partial charge in [0.25, 0.3) is 0 Å². The highest BCUT2D eigenvalue weighted by atomic mass is 79.9. The summed E-state index contributed by atoms with van der Waals surface area (Å²) in [7, 11) is 0. The highest BCUT2D eigenvalue weighted by Gasteiger charge is 2.12. The molecule has 5 aromatic heterocycles. The van der Waals surface area contributed by atoms with Crippen molar-refractivity contribution in [3.05, 3.63) is 240 Å². The highest BCUT2D eigenvalue weighted by Crippen LogP contribution is 2.37. The number of pyridine rings is 2. The second kappa shape index (κ2) is 30.1. The van der Waals surface area contributed by atoms with Gasteiger partial charge in [-0.15, -0.1) is 67.9 Å². The molecule has 0 amide bonds. The third-order valence-electron chi connectivity index (χ3n) is 15.4. The molecule has 0 unspecified atom stereocenters. The molecule has 0 fully saturated rings. The molecule has 0 aliphatic carbocycles. The maximum atomic E-state index is 6.48. The van der Waals surface area contributed by atoms with Crippen molar-refractivity contribution in [1.29, 1.82) is 0 Å². The van der Waals surface area contributed by atoms with E-state index in [0.717, 1.165) is 137 Å². The van der Waals surface area contributed by atoms with Crippen LogP contribution in [0.25, 0.3) is 112 Å². The van der Waals surface area contributed by atoms with E-state index in [0.29, 0.717) is 13.2 Å². The Morgan fingerprint density at radius 3 is 1.19 bits per heavy atom. The normalized spacial score (nSPS) is 11.3. The summed E-state index contributed by atoms with van der Waals surface area (Å²) in [5.74, 6) is 1.72. The third kappa shape index (κ3) is 15.8. The molecule has 86 heavy (non-hydrogen) atoms. The lowest BCUT2D eigenvalue weighted by molar-refractivity contribution is 0.290. The Hall–Kier alpha value is -7.74. The number of aromatic nitrogens is 6. The van der Waals surface area contributed by atoms with Crippen LogP contribution in [0.1, 0.15) is 85.5 Å². The molecule has 12 heteroatoms. The molecule has 7 heterocycles. The van der Waals surface area contributed by atoms with Gasteiger partial charge in [0.1, 0.15) is 11.5 Å². The second-order valence-electron chi connectivity index (χ2n) is 21.5. The number of ether oxygens (including phenoxy) is 2. The van der Waals surface area contributed by atoms with E-state index in [1.165, 1.54) is 60.0 Å². The minimum atomic E-state index is 0. The molecule has 0 radical (unpaired) electrons. The number of nitrogens with zero attached hydrogens (tertiary/aromatic N) is 4. The van der Waals surface area contributed by atoms with Crippen molar-refractivity contribution in [1.82, 2.24) is 29.9 Å². The number of aryl methyl sites for hydroxylation is 2. The summed E-state index contributed by atoms with van der Waals surface area (Å²) in [5.41, 5.74) is 14.7.